The molecule has 0 heterocycles. The van der Waals surface area contributed by atoms with Crippen LogP contribution in [0.1, 0.15) is 38.5 Å². The minimum atomic E-state index is -4.68. The summed E-state index contributed by atoms with van der Waals surface area (Å²) in [5, 5.41) is 22.6. The fourth-order valence-corrected chi connectivity index (χ4v) is 5.14. The molecule has 1 saturated carbocycles. The Morgan fingerprint density at radius 3 is 2.51 bits per heavy atom. The van der Waals surface area contributed by atoms with Gasteiger partial charge in [-0.3, -0.25) is 9.59 Å². The monoisotopic (exact) mass is 610 g/mol. The minimum absolute atomic E-state index is 0.0137. The zero-order valence-electron chi connectivity index (χ0n) is 19.1. The number of aliphatic hydroxyl groups is 2. The van der Waals surface area contributed by atoms with Crippen molar-refractivity contribution in [3.8, 4) is 5.75 Å². The molecule has 1 aromatic rings. The number of ether oxygens (including phenoxy) is 1. The van der Waals surface area contributed by atoms with Gasteiger partial charge in [0.2, 0.25) is 11.8 Å². The van der Waals surface area contributed by atoms with Crippen LogP contribution in [0.5, 0.6) is 5.75 Å². The van der Waals surface area contributed by atoms with E-state index in [4.69, 9.17) is 9.84 Å². The van der Waals surface area contributed by atoms with Crippen LogP contribution >= 0.6 is 22.6 Å². The largest absolute Gasteiger partial charge is 0.482 e. The highest BCUT2D eigenvalue weighted by atomic mass is 127. The number of benzene rings is 1. The minimum Gasteiger partial charge on any atom is -0.482 e. The summed E-state index contributed by atoms with van der Waals surface area (Å²) in [7, 11) is 0. The third kappa shape index (κ3) is 7.81. The zero-order valence-corrected chi connectivity index (χ0v) is 21.3. The van der Waals surface area contributed by atoms with Gasteiger partial charge in [0.1, 0.15) is 24.5 Å². The van der Waals surface area contributed by atoms with Crippen molar-refractivity contribution >= 4 is 34.4 Å². The van der Waals surface area contributed by atoms with E-state index < -0.39 is 42.8 Å². The molecule has 3 rings (SSSR count). The van der Waals surface area contributed by atoms with E-state index in [0.717, 1.165) is 25.7 Å². The van der Waals surface area contributed by atoms with E-state index in [1.807, 2.05) is 22.6 Å². The molecule has 11 heteroatoms. The lowest BCUT2D eigenvalue weighted by atomic mass is 9.87. The van der Waals surface area contributed by atoms with E-state index in [-0.39, 0.29) is 37.5 Å². The fourth-order valence-electron chi connectivity index (χ4n) is 4.63. The second kappa shape index (κ2) is 12.4. The molecule has 2 aliphatic carbocycles. The highest BCUT2D eigenvalue weighted by molar-refractivity contribution is 14.1. The quantitative estimate of drug-likeness (QED) is 0.374. The lowest BCUT2D eigenvalue weighted by Crippen LogP contribution is -2.57. The molecule has 0 aromatic heterocycles. The van der Waals surface area contributed by atoms with Crippen molar-refractivity contribution in [2.45, 2.75) is 63.0 Å². The smallest absolute Gasteiger partial charge is 0.406 e. The van der Waals surface area contributed by atoms with Gasteiger partial charge in [0.05, 0.1) is 16.2 Å². The van der Waals surface area contributed by atoms with Crippen LogP contribution in [0.15, 0.2) is 35.9 Å². The number of halogens is 4. The molecule has 35 heavy (non-hydrogen) atoms. The standard InChI is InChI=1S/C24H30F3IN2O5/c25-24(26,27)14-30(21(32)11-15-5-1-2-6-15)18-12-16(23(34)29-9-10-31)13-20(22(18)33)35-19-8-4-3-7-17(19)28/h3-4,7-8,13,15,18,20,22,31,33H,1-2,5-6,9-12,14H2,(H,29,34). The molecule has 2 aliphatic rings. The normalized spacial score (nSPS) is 23.0. The van der Waals surface area contributed by atoms with Gasteiger partial charge in [-0.25, -0.2) is 0 Å². The molecule has 1 fully saturated rings. The molecule has 2 amide bonds. The van der Waals surface area contributed by atoms with E-state index >= 15 is 0 Å². The summed E-state index contributed by atoms with van der Waals surface area (Å²) in [5.41, 5.74) is 0.0885. The molecule has 3 atom stereocenters. The van der Waals surface area contributed by atoms with Gasteiger partial charge in [-0.15, -0.1) is 0 Å². The van der Waals surface area contributed by atoms with Gasteiger partial charge in [-0.1, -0.05) is 25.0 Å². The summed E-state index contributed by atoms with van der Waals surface area (Å²) in [4.78, 5) is 26.5. The highest BCUT2D eigenvalue weighted by Gasteiger charge is 2.44. The summed E-state index contributed by atoms with van der Waals surface area (Å²) in [6.07, 6.45) is -2.81. The van der Waals surface area contributed by atoms with E-state index in [1.54, 1.807) is 24.3 Å². The summed E-state index contributed by atoms with van der Waals surface area (Å²) in [6, 6.07) is 5.60. The highest BCUT2D eigenvalue weighted by Crippen LogP contribution is 2.33. The van der Waals surface area contributed by atoms with Crippen molar-refractivity contribution in [3.63, 3.8) is 0 Å². The summed E-state index contributed by atoms with van der Waals surface area (Å²) < 4.78 is 47.3. The molecule has 0 bridgehead atoms. The van der Waals surface area contributed by atoms with Gasteiger partial charge in [0.15, 0.2) is 0 Å². The second-order valence-electron chi connectivity index (χ2n) is 8.94. The van der Waals surface area contributed by atoms with E-state index in [2.05, 4.69) is 5.32 Å². The van der Waals surface area contributed by atoms with Gasteiger partial charge in [0.25, 0.3) is 0 Å². The maximum absolute atomic E-state index is 13.6. The Morgan fingerprint density at radius 1 is 1.20 bits per heavy atom. The maximum atomic E-state index is 13.6. The molecule has 0 saturated heterocycles. The lowest BCUT2D eigenvalue weighted by Gasteiger charge is -2.41. The van der Waals surface area contributed by atoms with Gasteiger partial charge in [-0.2, -0.15) is 13.2 Å². The first kappa shape index (κ1) is 27.7. The number of alkyl halides is 3. The molecular weight excluding hydrogens is 580 g/mol. The van der Waals surface area contributed by atoms with Crippen LogP contribution in [-0.2, 0) is 9.59 Å². The van der Waals surface area contributed by atoms with Crippen molar-refractivity contribution in [1.29, 1.82) is 0 Å². The van der Waals surface area contributed by atoms with E-state index in [9.17, 15) is 27.9 Å². The first-order valence-corrected chi connectivity index (χ1v) is 12.7. The third-order valence-corrected chi connectivity index (χ3v) is 7.21. The van der Waals surface area contributed by atoms with Crippen LogP contribution in [0, 0.1) is 9.49 Å². The van der Waals surface area contributed by atoms with Gasteiger partial charge >= 0.3 is 6.18 Å². The predicted octanol–water partition coefficient (Wildman–Crippen LogP) is 3.18. The Labute approximate surface area is 215 Å². The molecule has 1 aromatic carbocycles. The number of amides is 2. The first-order valence-electron chi connectivity index (χ1n) is 11.6. The SMILES string of the molecule is O=C(NCCO)C1=CC(Oc2ccccc2I)C(O)C(N(CC(F)(F)F)C(=O)CC2CCCC2)C1. The van der Waals surface area contributed by atoms with Crippen LogP contribution in [-0.4, -0.2) is 71.0 Å². The van der Waals surface area contributed by atoms with Gasteiger partial charge in [0, 0.05) is 25.0 Å². The molecule has 194 valence electrons. The Balaban J connectivity index is 1.92. The van der Waals surface area contributed by atoms with Gasteiger partial charge in [-0.05, 0) is 59.6 Å². The van der Waals surface area contributed by atoms with Crippen molar-refractivity contribution < 1.29 is 37.7 Å². The number of hydrogen-bond donors (Lipinski definition) is 3. The first-order chi connectivity index (χ1) is 16.6. The van der Waals surface area contributed by atoms with E-state index in [1.165, 1.54) is 6.08 Å². The Bertz CT molecular complexity index is 921. The molecular formula is C24H30F3IN2O5. The molecule has 0 aliphatic heterocycles. The summed E-state index contributed by atoms with van der Waals surface area (Å²) in [6.45, 7) is -1.88. The number of hydrogen-bond acceptors (Lipinski definition) is 5. The number of carbonyl (C=O) groups is 2. The van der Waals surface area contributed by atoms with Crippen molar-refractivity contribution in [1.82, 2.24) is 10.2 Å². The Kier molecular flexibility index (Phi) is 9.82. The lowest BCUT2D eigenvalue weighted by molar-refractivity contribution is -0.173. The fraction of sp³-hybridized carbons (Fsp3) is 0.583. The number of nitrogens with one attached hydrogen (secondary N) is 1. The van der Waals surface area contributed by atoms with Crippen LogP contribution in [0.25, 0.3) is 0 Å². The second-order valence-corrected chi connectivity index (χ2v) is 10.1. The number of aliphatic hydroxyl groups excluding tert-OH is 2. The van der Waals surface area contributed by atoms with E-state index in [0.29, 0.717) is 14.2 Å². The number of nitrogens with zero attached hydrogens (tertiary/aromatic N) is 1. The van der Waals surface area contributed by atoms with Crippen molar-refractivity contribution in [2.24, 2.45) is 5.92 Å². The topological polar surface area (TPSA) is 99.1 Å². The van der Waals surface area contributed by atoms with Crippen LogP contribution < -0.4 is 10.1 Å². The van der Waals surface area contributed by atoms with Crippen LogP contribution in [0.3, 0.4) is 0 Å². The Hall–Kier alpha value is -1.86. The average molecular weight is 610 g/mol. The maximum Gasteiger partial charge on any atom is 0.406 e. The van der Waals surface area contributed by atoms with Crippen molar-refractivity contribution in [2.75, 3.05) is 19.7 Å². The molecule has 3 unspecified atom stereocenters. The molecule has 0 spiro atoms. The van der Waals surface area contributed by atoms with Crippen LogP contribution in [0.2, 0.25) is 0 Å². The number of para-hydroxylation sites is 1. The van der Waals surface area contributed by atoms with Crippen molar-refractivity contribution in [3.05, 3.63) is 39.5 Å². The van der Waals surface area contributed by atoms with Gasteiger partial charge < -0.3 is 25.2 Å². The van der Waals surface area contributed by atoms with Crippen LogP contribution in [0.4, 0.5) is 13.2 Å². The Morgan fingerprint density at radius 2 is 1.89 bits per heavy atom. The zero-order chi connectivity index (χ0) is 25.6. The molecule has 0 radical (unpaired) electrons. The molecule has 3 N–H and O–H groups in total. The third-order valence-electron chi connectivity index (χ3n) is 6.32. The predicted molar refractivity (Wildman–Crippen MR) is 131 cm³/mol. The average Bonchev–Trinajstić information content (AvgIpc) is 3.31. The number of rotatable bonds is 9. The summed E-state index contributed by atoms with van der Waals surface area (Å²) >= 11 is 2.03. The summed E-state index contributed by atoms with van der Waals surface area (Å²) in [5.74, 6) is -0.880. The molecule has 7 nitrogen and oxygen atoms in total. The number of carbonyl (C=O) groups excluding carboxylic acids is 2.